The highest BCUT2D eigenvalue weighted by Gasteiger charge is 2.26. The molecule has 1 amide bonds. The molecule has 0 saturated heterocycles. The van der Waals surface area contributed by atoms with E-state index in [9.17, 15) is 9.90 Å². The van der Waals surface area contributed by atoms with Crippen molar-refractivity contribution in [1.29, 1.82) is 0 Å². The number of halogens is 1. The molecule has 2 heterocycles. The van der Waals surface area contributed by atoms with Crippen molar-refractivity contribution in [3.8, 4) is 5.82 Å². The number of aromatic nitrogens is 3. The Bertz CT molecular complexity index is 759. The Balaban J connectivity index is 1.78. The number of pyridine rings is 1. The maximum Gasteiger partial charge on any atom is 0.271 e. The molecule has 24 heavy (non-hydrogen) atoms. The molecule has 2 unspecified atom stereocenters. The maximum absolute atomic E-state index is 12.4. The maximum atomic E-state index is 12.4. The molecular weight excluding hydrogens is 328 g/mol. The van der Waals surface area contributed by atoms with Gasteiger partial charge in [-0.05, 0) is 44.9 Å². The van der Waals surface area contributed by atoms with Gasteiger partial charge in [0, 0.05) is 18.2 Å². The zero-order valence-corrected chi connectivity index (χ0v) is 14.5. The van der Waals surface area contributed by atoms with Crippen molar-refractivity contribution in [3.05, 3.63) is 40.3 Å². The monoisotopic (exact) mass is 348 g/mol. The van der Waals surface area contributed by atoms with Crippen LogP contribution < -0.4 is 5.32 Å². The van der Waals surface area contributed by atoms with Crippen LogP contribution in [0.5, 0.6) is 0 Å². The molecule has 0 spiro atoms. The molecule has 0 bridgehead atoms. The van der Waals surface area contributed by atoms with Gasteiger partial charge in [0.05, 0.1) is 16.8 Å². The van der Waals surface area contributed by atoms with E-state index < -0.39 is 0 Å². The van der Waals surface area contributed by atoms with Gasteiger partial charge < -0.3 is 10.4 Å². The number of aryl methyl sites for hydroxylation is 2. The molecule has 0 aliphatic heterocycles. The van der Waals surface area contributed by atoms with Gasteiger partial charge in [0.15, 0.2) is 5.82 Å². The summed E-state index contributed by atoms with van der Waals surface area (Å²) in [7, 11) is 0. The predicted molar refractivity (Wildman–Crippen MR) is 91.5 cm³/mol. The molecule has 1 fully saturated rings. The van der Waals surface area contributed by atoms with Crippen LogP contribution in [0.25, 0.3) is 5.82 Å². The quantitative estimate of drug-likeness (QED) is 0.889. The Morgan fingerprint density at radius 2 is 2.21 bits per heavy atom. The molecule has 2 aromatic rings. The molecule has 0 radical (unpaired) electrons. The molecule has 1 aliphatic carbocycles. The highest BCUT2D eigenvalue weighted by Crippen LogP contribution is 2.25. The van der Waals surface area contributed by atoms with E-state index in [-0.39, 0.29) is 23.6 Å². The van der Waals surface area contributed by atoms with Crippen LogP contribution in [-0.2, 0) is 0 Å². The molecule has 2 atom stereocenters. The average Bonchev–Trinajstić information content (AvgIpc) is 3.10. The minimum absolute atomic E-state index is 0.104. The fraction of sp³-hybridized carbons (Fsp3) is 0.471. The van der Waals surface area contributed by atoms with Crippen LogP contribution in [-0.4, -0.2) is 38.4 Å². The molecule has 2 N–H and O–H groups in total. The van der Waals surface area contributed by atoms with Crippen LogP contribution in [0.1, 0.15) is 41.1 Å². The Hall–Kier alpha value is -1.92. The van der Waals surface area contributed by atoms with Crippen LogP contribution in [0.4, 0.5) is 0 Å². The van der Waals surface area contributed by atoms with E-state index in [1.165, 1.54) is 0 Å². The fourth-order valence-corrected chi connectivity index (χ4v) is 3.32. The van der Waals surface area contributed by atoms with Crippen molar-refractivity contribution >= 4 is 17.5 Å². The third kappa shape index (κ3) is 3.44. The lowest BCUT2D eigenvalue weighted by Crippen LogP contribution is -2.33. The lowest BCUT2D eigenvalue weighted by molar-refractivity contribution is 0.0912. The van der Waals surface area contributed by atoms with E-state index >= 15 is 0 Å². The molecule has 128 valence electrons. The van der Waals surface area contributed by atoms with Gasteiger partial charge in [-0.15, -0.1) is 0 Å². The summed E-state index contributed by atoms with van der Waals surface area (Å²) in [6.45, 7) is 4.26. The van der Waals surface area contributed by atoms with Crippen molar-refractivity contribution in [2.24, 2.45) is 5.92 Å². The topological polar surface area (TPSA) is 80.0 Å². The van der Waals surface area contributed by atoms with E-state index in [1.54, 1.807) is 16.8 Å². The highest BCUT2D eigenvalue weighted by atomic mass is 35.5. The molecule has 3 rings (SSSR count). The smallest absolute Gasteiger partial charge is 0.271 e. The second kappa shape index (κ2) is 6.91. The fourth-order valence-electron chi connectivity index (χ4n) is 3.13. The van der Waals surface area contributed by atoms with Gasteiger partial charge in [-0.3, -0.25) is 4.79 Å². The molecule has 0 aromatic carbocycles. The first-order chi connectivity index (χ1) is 11.5. The number of amides is 1. The number of aliphatic hydroxyl groups excluding tert-OH is 1. The molecule has 6 nitrogen and oxygen atoms in total. The summed E-state index contributed by atoms with van der Waals surface area (Å²) in [6.07, 6.45) is 2.38. The third-order valence-electron chi connectivity index (χ3n) is 4.42. The largest absolute Gasteiger partial charge is 0.393 e. The van der Waals surface area contributed by atoms with Crippen LogP contribution >= 0.6 is 11.6 Å². The number of hydrogen-bond donors (Lipinski definition) is 2. The number of aliphatic hydroxyl groups is 1. The summed E-state index contributed by atoms with van der Waals surface area (Å²) in [5.74, 6) is 0.324. The Morgan fingerprint density at radius 1 is 1.42 bits per heavy atom. The first-order valence-corrected chi connectivity index (χ1v) is 8.50. The summed E-state index contributed by atoms with van der Waals surface area (Å²) < 4.78 is 1.68. The van der Waals surface area contributed by atoms with Crippen molar-refractivity contribution in [2.45, 2.75) is 39.2 Å². The van der Waals surface area contributed by atoms with Crippen molar-refractivity contribution in [2.75, 3.05) is 6.54 Å². The normalized spacial score (nSPS) is 20.3. The van der Waals surface area contributed by atoms with Crippen LogP contribution in [0, 0.1) is 19.8 Å². The summed E-state index contributed by atoms with van der Waals surface area (Å²) in [4.78, 5) is 16.8. The van der Waals surface area contributed by atoms with Crippen molar-refractivity contribution in [3.63, 3.8) is 0 Å². The van der Waals surface area contributed by atoms with Gasteiger partial charge in [0.25, 0.3) is 5.91 Å². The Morgan fingerprint density at radius 3 is 2.83 bits per heavy atom. The summed E-state index contributed by atoms with van der Waals surface area (Å²) in [5.41, 5.74) is 1.99. The SMILES string of the molecule is Cc1cc(C)n(-c2ccc(Cl)c(C(=O)NCC3CCCC3O)n2)n1. The van der Waals surface area contributed by atoms with Gasteiger partial charge in [-0.1, -0.05) is 18.0 Å². The second-order valence-electron chi connectivity index (χ2n) is 6.31. The Labute approximate surface area is 145 Å². The minimum atomic E-state index is -0.338. The van der Waals surface area contributed by atoms with Gasteiger partial charge in [-0.2, -0.15) is 5.10 Å². The number of nitrogens with one attached hydrogen (secondary N) is 1. The standard InChI is InChI=1S/C17H21ClN4O2/c1-10-8-11(2)22(21-10)15-7-6-13(18)16(20-15)17(24)19-9-12-4-3-5-14(12)23/h6-8,12,14,23H,3-5,9H2,1-2H3,(H,19,24). The first-order valence-electron chi connectivity index (χ1n) is 8.12. The molecule has 1 aliphatic rings. The zero-order chi connectivity index (χ0) is 17.3. The second-order valence-corrected chi connectivity index (χ2v) is 6.71. The van der Waals surface area contributed by atoms with E-state index in [0.29, 0.717) is 17.4 Å². The first kappa shape index (κ1) is 16.9. The predicted octanol–water partition coefficient (Wildman–Crippen LogP) is 2.43. The number of rotatable bonds is 4. The molecule has 7 heteroatoms. The summed E-state index contributed by atoms with van der Waals surface area (Å²) in [5, 5.41) is 17.4. The van der Waals surface area contributed by atoms with E-state index in [4.69, 9.17) is 11.6 Å². The number of carbonyl (C=O) groups excluding carboxylic acids is 1. The Kier molecular flexibility index (Phi) is 4.87. The van der Waals surface area contributed by atoms with Crippen LogP contribution in [0.2, 0.25) is 5.02 Å². The zero-order valence-electron chi connectivity index (χ0n) is 13.8. The van der Waals surface area contributed by atoms with Crippen molar-refractivity contribution in [1.82, 2.24) is 20.1 Å². The van der Waals surface area contributed by atoms with Crippen LogP contribution in [0.3, 0.4) is 0 Å². The number of nitrogens with zero attached hydrogens (tertiary/aromatic N) is 3. The minimum Gasteiger partial charge on any atom is -0.393 e. The molecule has 1 saturated carbocycles. The van der Waals surface area contributed by atoms with Gasteiger partial charge in [0.1, 0.15) is 5.69 Å². The number of carbonyl (C=O) groups is 1. The van der Waals surface area contributed by atoms with Crippen LogP contribution in [0.15, 0.2) is 18.2 Å². The molecular formula is C17H21ClN4O2. The summed E-state index contributed by atoms with van der Waals surface area (Å²) >= 11 is 6.15. The van der Waals surface area contributed by atoms with E-state index in [2.05, 4.69) is 15.4 Å². The number of hydrogen-bond acceptors (Lipinski definition) is 4. The molecule has 2 aromatic heterocycles. The highest BCUT2D eigenvalue weighted by molar-refractivity contribution is 6.33. The van der Waals surface area contributed by atoms with Gasteiger partial charge in [0.2, 0.25) is 0 Å². The van der Waals surface area contributed by atoms with Gasteiger partial charge >= 0.3 is 0 Å². The van der Waals surface area contributed by atoms with E-state index in [1.807, 2.05) is 19.9 Å². The van der Waals surface area contributed by atoms with Gasteiger partial charge in [-0.25, -0.2) is 9.67 Å². The van der Waals surface area contributed by atoms with E-state index in [0.717, 1.165) is 30.7 Å². The lowest BCUT2D eigenvalue weighted by Gasteiger charge is -2.15. The average molecular weight is 349 g/mol. The third-order valence-corrected chi connectivity index (χ3v) is 4.72. The van der Waals surface area contributed by atoms with Crippen molar-refractivity contribution < 1.29 is 9.90 Å². The lowest BCUT2D eigenvalue weighted by atomic mass is 10.1. The summed E-state index contributed by atoms with van der Waals surface area (Å²) in [6, 6.07) is 5.33.